The number of aryl methyl sites for hydroxylation is 1. The Balaban J connectivity index is 0.00000312. The van der Waals surface area contributed by atoms with Gasteiger partial charge in [0, 0.05) is 38.8 Å². The summed E-state index contributed by atoms with van der Waals surface area (Å²) in [5.74, 6) is 1.81. The highest BCUT2D eigenvalue weighted by molar-refractivity contribution is 14.0. The van der Waals surface area contributed by atoms with Gasteiger partial charge in [0.15, 0.2) is 5.96 Å². The number of halogens is 1. The third kappa shape index (κ3) is 6.66. The van der Waals surface area contributed by atoms with E-state index < -0.39 is 0 Å². The molecule has 0 unspecified atom stereocenters. The third-order valence-electron chi connectivity index (χ3n) is 4.74. The number of nitrogens with one attached hydrogen (secondary N) is 2. The highest BCUT2D eigenvalue weighted by atomic mass is 127. The molecule has 2 rings (SSSR count). The van der Waals surface area contributed by atoms with Gasteiger partial charge < -0.3 is 20.3 Å². The quantitative estimate of drug-likeness (QED) is 0.403. The van der Waals surface area contributed by atoms with Gasteiger partial charge >= 0.3 is 0 Å². The van der Waals surface area contributed by atoms with Crippen molar-refractivity contribution < 1.29 is 4.74 Å². The number of guanidine groups is 1. The molecule has 1 aromatic carbocycles. The number of ether oxygens (including phenoxy) is 1. The van der Waals surface area contributed by atoms with Crippen LogP contribution in [0.4, 0.5) is 0 Å². The lowest BCUT2D eigenvalue weighted by atomic mass is 10.0. The van der Waals surface area contributed by atoms with Crippen LogP contribution in [0.1, 0.15) is 37.8 Å². The van der Waals surface area contributed by atoms with Gasteiger partial charge in [0.2, 0.25) is 0 Å². The fourth-order valence-corrected chi connectivity index (χ4v) is 3.18. The average Bonchev–Trinajstić information content (AvgIpc) is 2.59. The van der Waals surface area contributed by atoms with Gasteiger partial charge in [-0.2, -0.15) is 0 Å². The topological polar surface area (TPSA) is 48.9 Å². The van der Waals surface area contributed by atoms with E-state index in [1.807, 2.05) is 13.1 Å². The molecule has 0 aliphatic carbocycles. The Morgan fingerprint density at radius 2 is 2.00 bits per heavy atom. The Labute approximate surface area is 169 Å². The molecule has 1 aliphatic heterocycles. The number of benzene rings is 1. The minimum Gasteiger partial charge on any atom is -0.496 e. The number of methoxy groups -OCH3 is 1. The third-order valence-corrected chi connectivity index (χ3v) is 4.74. The molecular weight excluding hydrogens is 427 g/mol. The van der Waals surface area contributed by atoms with E-state index in [-0.39, 0.29) is 24.0 Å². The van der Waals surface area contributed by atoms with Gasteiger partial charge in [0.1, 0.15) is 5.75 Å². The highest BCUT2D eigenvalue weighted by Crippen LogP contribution is 2.18. The van der Waals surface area contributed by atoms with Crippen LogP contribution < -0.4 is 15.4 Å². The molecule has 6 heteroatoms. The molecule has 2 N–H and O–H groups in total. The van der Waals surface area contributed by atoms with Crippen molar-refractivity contribution >= 4 is 29.9 Å². The molecule has 0 saturated carbocycles. The average molecular weight is 460 g/mol. The maximum atomic E-state index is 5.31. The van der Waals surface area contributed by atoms with E-state index in [0.29, 0.717) is 12.1 Å². The summed E-state index contributed by atoms with van der Waals surface area (Å²) in [6, 6.07) is 7.41. The number of piperidine rings is 1. The lowest BCUT2D eigenvalue weighted by Gasteiger charge is -2.35. The standard InChI is InChI=1S/C19H32N4O.HI/c1-14(2)23-10-8-17(9-11-23)22-19(20-4)21-13-16-6-7-18(24-5)15(3)12-16;/h6-7,12,14,17H,8-11,13H2,1-5H3,(H2,20,21,22);1H. The van der Waals surface area contributed by atoms with E-state index in [2.05, 4.69) is 53.4 Å². The smallest absolute Gasteiger partial charge is 0.191 e. The van der Waals surface area contributed by atoms with E-state index in [1.54, 1.807) is 7.11 Å². The molecule has 1 heterocycles. The molecule has 142 valence electrons. The van der Waals surface area contributed by atoms with Crippen molar-refractivity contribution in [1.29, 1.82) is 0 Å². The van der Waals surface area contributed by atoms with Crippen LogP contribution in [0, 0.1) is 6.92 Å². The normalized spacial score (nSPS) is 16.5. The van der Waals surface area contributed by atoms with Crippen LogP contribution in [0.2, 0.25) is 0 Å². The summed E-state index contributed by atoms with van der Waals surface area (Å²) < 4.78 is 5.31. The number of aliphatic imine (C=N–C) groups is 1. The Morgan fingerprint density at radius 1 is 1.32 bits per heavy atom. The molecule has 1 saturated heterocycles. The molecule has 0 spiro atoms. The molecule has 0 aromatic heterocycles. The van der Waals surface area contributed by atoms with Crippen molar-refractivity contribution in [1.82, 2.24) is 15.5 Å². The monoisotopic (exact) mass is 460 g/mol. The first-order valence-corrected chi connectivity index (χ1v) is 8.88. The van der Waals surface area contributed by atoms with Gasteiger partial charge in [0.05, 0.1) is 7.11 Å². The zero-order valence-corrected chi connectivity index (χ0v) is 18.5. The minimum atomic E-state index is 0. The first kappa shape index (κ1) is 22.0. The number of rotatable bonds is 5. The lowest BCUT2D eigenvalue weighted by molar-refractivity contribution is 0.167. The van der Waals surface area contributed by atoms with E-state index >= 15 is 0 Å². The highest BCUT2D eigenvalue weighted by Gasteiger charge is 2.21. The Kier molecular flexibility index (Phi) is 9.56. The lowest BCUT2D eigenvalue weighted by Crippen LogP contribution is -2.49. The van der Waals surface area contributed by atoms with Crippen molar-refractivity contribution in [3.05, 3.63) is 29.3 Å². The van der Waals surface area contributed by atoms with Crippen molar-refractivity contribution in [2.45, 2.75) is 52.2 Å². The molecule has 1 aromatic rings. The maximum Gasteiger partial charge on any atom is 0.191 e. The van der Waals surface area contributed by atoms with E-state index in [4.69, 9.17) is 4.74 Å². The zero-order chi connectivity index (χ0) is 17.5. The summed E-state index contributed by atoms with van der Waals surface area (Å²) in [6.07, 6.45) is 2.33. The predicted octanol–water partition coefficient (Wildman–Crippen LogP) is 3.16. The second-order valence-corrected chi connectivity index (χ2v) is 6.78. The van der Waals surface area contributed by atoms with Gasteiger partial charge in [-0.1, -0.05) is 12.1 Å². The molecule has 1 aliphatic rings. The van der Waals surface area contributed by atoms with E-state index in [0.717, 1.165) is 36.9 Å². The summed E-state index contributed by atoms with van der Waals surface area (Å²) in [7, 11) is 3.54. The molecule has 5 nitrogen and oxygen atoms in total. The summed E-state index contributed by atoms with van der Waals surface area (Å²) in [6.45, 7) is 9.68. The molecular formula is C19H33IN4O. The first-order chi connectivity index (χ1) is 11.5. The number of hydrogen-bond donors (Lipinski definition) is 2. The minimum absolute atomic E-state index is 0. The van der Waals surface area contributed by atoms with Gasteiger partial charge in [0.25, 0.3) is 0 Å². The maximum absolute atomic E-state index is 5.31. The number of hydrogen-bond acceptors (Lipinski definition) is 3. The number of nitrogens with zero attached hydrogens (tertiary/aromatic N) is 2. The molecule has 0 bridgehead atoms. The molecule has 1 fully saturated rings. The predicted molar refractivity (Wildman–Crippen MR) is 116 cm³/mol. The fraction of sp³-hybridized carbons (Fsp3) is 0.632. The van der Waals surface area contributed by atoms with Crippen molar-refractivity contribution in [3.8, 4) is 5.75 Å². The van der Waals surface area contributed by atoms with Crippen LogP contribution in [0.5, 0.6) is 5.75 Å². The summed E-state index contributed by atoms with van der Waals surface area (Å²) in [4.78, 5) is 6.90. The van der Waals surface area contributed by atoms with Crippen molar-refractivity contribution in [3.63, 3.8) is 0 Å². The Bertz CT molecular complexity index is 554. The van der Waals surface area contributed by atoms with E-state index in [9.17, 15) is 0 Å². The molecule has 0 amide bonds. The van der Waals surface area contributed by atoms with Gasteiger partial charge in [-0.15, -0.1) is 24.0 Å². The molecule has 0 radical (unpaired) electrons. The number of likely N-dealkylation sites (tertiary alicyclic amines) is 1. The van der Waals surface area contributed by atoms with Gasteiger partial charge in [-0.3, -0.25) is 4.99 Å². The van der Waals surface area contributed by atoms with E-state index in [1.165, 1.54) is 18.4 Å². The fourth-order valence-electron chi connectivity index (χ4n) is 3.18. The van der Waals surface area contributed by atoms with Gasteiger partial charge in [-0.05, 0) is 50.8 Å². The second-order valence-electron chi connectivity index (χ2n) is 6.78. The first-order valence-electron chi connectivity index (χ1n) is 8.88. The molecule has 0 atom stereocenters. The second kappa shape index (κ2) is 10.9. The summed E-state index contributed by atoms with van der Waals surface area (Å²) in [5, 5.41) is 6.98. The SMILES string of the molecule is CN=C(NCc1ccc(OC)c(C)c1)NC1CCN(C(C)C)CC1.I. The van der Waals surface area contributed by atoms with Crippen LogP contribution in [0.25, 0.3) is 0 Å². The van der Waals surface area contributed by atoms with Crippen molar-refractivity contribution in [2.24, 2.45) is 4.99 Å². The van der Waals surface area contributed by atoms with Crippen LogP contribution in [-0.2, 0) is 6.54 Å². The largest absolute Gasteiger partial charge is 0.496 e. The van der Waals surface area contributed by atoms with Crippen LogP contribution in [-0.4, -0.2) is 50.2 Å². The van der Waals surface area contributed by atoms with Crippen LogP contribution in [0.3, 0.4) is 0 Å². The van der Waals surface area contributed by atoms with Gasteiger partial charge in [-0.25, -0.2) is 0 Å². The Morgan fingerprint density at radius 3 is 2.52 bits per heavy atom. The van der Waals surface area contributed by atoms with Crippen LogP contribution in [0.15, 0.2) is 23.2 Å². The summed E-state index contributed by atoms with van der Waals surface area (Å²) in [5.41, 5.74) is 2.38. The van der Waals surface area contributed by atoms with Crippen molar-refractivity contribution in [2.75, 3.05) is 27.2 Å². The molecule has 25 heavy (non-hydrogen) atoms. The summed E-state index contributed by atoms with van der Waals surface area (Å²) >= 11 is 0. The Hall–Kier alpha value is -1.02. The zero-order valence-electron chi connectivity index (χ0n) is 16.1. The van der Waals surface area contributed by atoms with Crippen LogP contribution >= 0.6 is 24.0 Å².